The molecule has 2 aromatic heterocycles. The van der Waals surface area contributed by atoms with Gasteiger partial charge in [-0.2, -0.15) is 10.1 Å². The maximum atomic E-state index is 11.6. The number of methoxy groups -OCH3 is 1. The second-order valence-electron chi connectivity index (χ2n) is 4.46. The Bertz CT molecular complexity index is 901. The quantitative estimate of drug-likeness (QED) is 0.676. The Morgan fingerprint density at radius 3 is 2.48 bits per heavy atom. The lowest BCUT2D eigenvalue weighted by Gasteiger charge is -2.05. The van der Waals surface area contributed by atoms with Crippen LogP contribution in [0, 0.1) is 0 Å². The van der Waals surface area contributed by atoms with E-state index in [1.807, 2.05) is 12.1 Å². The predicted octanol–water partition coefficient (Wildman–Crippen LogP) is 1.23. The van der Waals surface area contributed by atoms with E-state index in [9.17, 15) is 8.42 Å². The zero-order valence-electron chi connectivity index (χ0n) is 11.4. The first-order valence-corrected chi connectivity index (χ1v) is 7.93. The fourth-order valence-corrected chi connectivity index (χ4v) is 2.39. The molecule has 108 valence electrons. The third-order valence-corrected chi connectivity index (χ3v) is 3.80. The number of aromatic nitrogens is 4. The average molecular weight is 304 g/mol. The zero-order chi connectivity index (χ0) is 15.0. The molecule has 21 heavy (non-hydrogen) atoms. The Hall–Kier alpha value is -2.48. The van der Waals surface area contributed by atoms with Crippen molar-refractivity contribution in [3.63, 3.8) is 0 Å². The van der Waals surface area contributed by atoms with Crippen LogP contribution >= 0.6 is 0 Å². The lowest BCUT2D eigenvalue weighted by Crippen LogP contribution is -2.05. The van der Waals surface area contributed by atoms with Crippen LogP contribution in [0.3, 0.4) is 0 Å². The van der Waals surface area contributed by atoms with Crippen LogP contribution < -0.4 is 4.74 Å². The normalized spacial score (nSPS) is 11.7. The molecule has 7 nitrogen and oxygen atoms in total. The van der Waals surface area contributed by atoms with Gasteiger partial charge in [-0.1, -0.05) is 0 Å². The van der Waals surface area contributed by atoms with Crippen LogP contribution in [-0.2, 0) is 9.84 Å². The van der Waals surface area contributed by atoms with Gasteiger partial charge in [-0.15, -0.1) is 0 Å². The molecule has 0 unspecified atom stereocenters. The molecule has 0 radical (unpaired) electrons. The van der Waals surface area contributed by atoms with Crippen LogP contribution in [0.1, 0.15) is 0 Å². The van der Waals surface area contributed by atoms with Crippen LogP contribution in [-0.4, -0.2) is 41.5 Å². The third kappa shape index (κ3) is 2.45. The molecule has 0 N–H and O–H groups in total. The van der Waals surface area contributed by atoms with Crippen molar-refractivity contribution in [2.24, 2.45) is 0 Å². The van der Waals surface area contributed by atoms with Crippen molar-refractivity contribution >= 4 is 20.9 Å². The summed E-state index contributed by atoms with van der Waals surface area (Å²) in [5, 5.41) is 4.67. The first kappa shape index (κ1) is 13.5. The highest BCUT2D eigenvalue weighted by Crippen LogP contribution is 2.19. The average Bonchev–Trinajstić information content (AvgIpc) is 2.89. The fraction of sp³-hybridized carbons (Fsp3) is 0.154. The summed E-state index contributed by atoms with van der Waals surface area (Å²) in [6, 6.07) is 7.21. The monoisotopic (exact) mass is 304 g/mol. The number of hydrogen-bond donors (Lipinski definition) is 0. The van der Waals surface area contributed by atoms with Gasteiger partial charge >= 0.3 is 0 Å². The Morgan fingerprint density at radius 2 is 1.86 bits per heavy atom. The summed E-state index contributed by atoms with van der Waals surface area (Å²) in [6.45, 7) is 0. The summed E-state index contributed by atoms with van der Waals surface area (Å²) in [7, 11) is -1.88. The van der Waals surface area contributed by atoms with Gasteiger partial charge < -0.3 is 4.74 Å². The SMILES string of the molecule is COc1ccc(-n2ncc3cnc(S(C)(=O)=O)nc32)cc1. The minimum atomic E-state index is -3.47. The number of hydrogen-bond acceptors (Lipinski definition) is 6. The van der Waals surface area contributed by atoms with Crippen molar-refractivity contribution in [1.29, 1.82) is 0 Å². The van der Waals surface area contributed by atoms with Crippen LogP contribution in [0.2, 0.25) is 0 Å². The number of rotatable bonds is 3. The molecule has 3 rings (SSSR count). The lowest BCUT2D eigenvalue weighted by molar-refractivity contribution is 0.414. The summed E-state index contributed by atoms with van der Waals surface area (Å²) in [4.78, 5) is 7.94. The molecule has 0 atom stereocenters. The summed E-state index contributed by atoms with van der Waals surface area (Å²) >= 11 is 0. The van der Waals surface area contributed by atoms with Crippen molar-refractivity contribution in [3.05, 3.63) is 36.7 Å². The molecule has 0 aliphatic heterocycles. The van der Waals surface area contributed by atoms with Gasteiger partial charge in [0.15, 0.2) is 5.65 Å². The van der Waals surface area contributed by atoms with E-state index in [2.05, 4.69) is 15.1 Å². The number of sulfone groups is 1. The van der Waals surface area contributed by atoms with Gasteiger partial charge in [0.1, 0.15) is 5.75 Å². The van der Waals surface area contributed by atoms with Gasteiger partial charge in [0, 0.05) is 12.5 Å². The fourth-order valence-electron chi connectivity index (χ4n) is 1.89. The van der Waals surface area contributed by atoms with Crippen LogP contribution in [0.5, 0.6) is 5.75 Å². The lowest BCUT2D eigenvalue weighted by atomic mass is 10.3. The van der Waals surface area contributed by atoms with Crippen molar-refractivity contribution in [2.45, 2.75) is 5.16 Å². The van der Waals surface area contributed by atoms with E-state index in [0.717, 1.165) is 17.7 Å². The molecule has 0 fully saturated rings. The molecule has 0 bridgehead atoms. The van der Waals surface area contributed by atoms with E-state index in [1.54, 1.807) is 30.1 Å². The number of fused-ring (bicyclic) bond motifs is 1. The zero-order valence-corrected chi connectivity index (χ0v) is 12.2. The Morgan fingerprint density at radius 1 is 1.14 bits per heavy atom. The van der Waals surface area contributed by atoms with Gasteiger partial charge in [-0.05, 0) is 24.3 Å². The number of nitrogens with zero attached hydrogens (tertiary/aromatic N) is 4. The molecule has 0 aliphatic carbocycles. The van der Waals surface area contributed by atoms with Crippen molar-refractivity contribution < 1.29 is 13.2 Å². The van der Waals surface area contributed by atoms with Crippen LogP contribution in [0.4, 0.5) is 0 Å². The Balaban J connectivity index is 2.18. The molecule has 0 aliphatic rings. The van der Waals surface area contributed by atoms with Crippen molar-refractivity contribution in [3.8, 4) is 11.4 Å². The summed E-state index contributed by atoms with van der Waals surface area (Å²) in [5.41, 5.74) is 1.19. The Kier molecular flexibility index (Phi) is 3.09. The molecule has 0 amide bonds. The highest BCUT2D eigenvalue weighted by molar-refractivity contribution is 7.90. The first-order valence-electron chi connectivity index (χ1n) is 6.04. The van der Waals surface area contributed by atoms with E-state index >= 15 is 0 Å². The molecule has 8 heteroatoms. The molecular formula is C13H12N4O3S. The van der Waals surface area contributed by atoms with Crippen molar-refractivity contribution in [1.82, 2.24) is 19.7 Å². The molecule has 3 aromatic rings. The molecule has 0 saturated heterocycles. The molecule has 2 heterocycles. The number of benzene rings is 1. The first-order chi connectivity index (χ1) is 9.99. The van der Waals surface area contributed by atoms with Gasteiger partial charge in [0.05, 0.1) is 24.4 Å². The summed E-state index contributed by atoms with van der Waals surface area (Å²) in [6.07, 6.45) is 4.11. The van der Waals surface area contributed by atoms with Crippen molar-refractivity contribution in [2.75, 3.05) is 13.4 Å². The third-order valence-electron chi connectivity index (χ3n) is 2.94. The van der Waals surface area contributed by atoms with E-state index in [-0.39, 0.29) is 5.16 Å². The maximum absolute atomic E-state index is 11.6. The smallest absolute Gasteiger partial charge is 0.248 e. The topological polar surface area (TPSA) is 87.0 Å². The second kappa shape index (κ2) is 4.81. The van der Waals surface area contributed by atoms with E-state index in [1.165, 1.54) is 6.20 Å². The van der Waals surface area contributed by atoms with Gasteiger partial charge in [-0.25, -0.2) is 18.1 Å². The Labute approximate surface area is 121 Å². The van der Waals surface area contributed by atoms with E-state index < -0.39 is 9.84 Å². The summed E-state index contributed by atoms with van der Waals surface area (Å²) in [5.74, 6) is 0.724. The molecular weight excluding hydrogens is 292 g/mol. The predicted molar refractivity (Wildman–Crippen MR) is 76.3 cm³/mol. The van der Waals surface area contributed by atoms with Gasteiger partial charge in [-0.3, -0.25) is 0 Å². The molecule has 0 spiro atoms. The minimum Gasteiger partial charge on any atom is -0.497 e. The van der Waals surface area contributed by atoms with Gasteiger partial charge in [0.25, 0.3) is 0 Å². The highest BCUT2D eigenvalue weighted by atomic mass is 32.2. The molecule has 0 saturated carbocycles. The minimum absolute atomic E-state index is 0.217. The highest BCUT2D eigenvalue weighted by Gasteiger charge is 2.14. The van der Waals surface area contributed by atoms with Crippen LogP contribution in [0.25, 0.3) is 16.7 Å². The van der Waals surface area contributed by atoms with E-state index in [0.29, 0.717) is 11.0 Å². The largest absolute Gasteiger partial charge is 0.497 e. The van der Waals surface area contributed by atoms with Crippen LogP contribution in [0.15, 0.2) is 41.8 Å². The maximum Gasteiger partial charge on any atom is 0.248 e. The summed E-state index contributed by atoms with van der Waals surface area (Å²) < 4.78 is 29.8. The second-order valence-corrected chi connectivity index (χ2v) is 6.37. The number of ether oxygens (including phenoxy) is 1. The van der Waals surface area contributed by atoms with E-state index in [4.69, 9.17) is 4.74 Å². The van der Waals surface area contributed by atoms with Gasteiger partial charge in [0.2, 0.25) is 15.0 Å². The molecule has 1 aromatic carbocycles. The standard InChI is InChI=1S/C13H12N4O3S/c1-20-11-5-3-10(4-6-11)17-12-9(8-15-17)7-14-13(16-12)21(2,18)19/h3-8H,1-2H3.